The van der Waals surface area contributed by atoms with E-state index in [0.29, 0.717) is 12.1 Å². The number of amides is 1. The molecule has 1 aliphatic heterocycles. The molecule has 0 spiro atoms. The van der Waals surface area contributed by atoms with Gasteiger partial charge in [0.1, 0.15) is 0 Å². The molecule has 1 saturated carbocycles. The van der Waals surface area contributed by atoms with Gasteiger partial charge in [-0.25, -0.2) is 0 Å². The second-order valence-electron chi connectivity index (χ2n) is 5.68. The number of likely N-dealkylation sites (N-methyl/N-ethyl adjacent to an activating group) is 1. The maximum atomic E-state index is 11.6. The van der Waals surface area contributed by atoms with Crippen molar-refractivity contribution in [3.05, 3.63) is 0 Å². The van der Waals surface area contributed by atoms with Crippen molar-refractivity contribution in [2.45, 2.75) is 63.1 Å². The van der Waals surface area contributed by atoms with Crippen LogP contribution in [0.1, 0.15) is 45.4 Å². The smallest absolute Gasteiger partial charge is 0.237 e. The number of hydrogen-bond acceptors (Lipinski definition) is 3. The molecule has 3 N–H and O–H groups in total. The van der Waals surface area contributed by atoms with Gasteiger partial charge < -0.3 is 11.1 Å². The third-order valence-electron chi connectivity index (χ3n) is 4.76. The maximum absolute atomic E-state index is 11.6. The van der Waals surface area contributed by atoms with Gasteiger partial charge in [0.05, 0.1) is 5.54 Å². The molecule has 2 rings (SSSR count). The van der Waals surface area contributed by atoms with E-state index in [1.165, 1.54) is 25.8 Å². The van der Waals surface area contributed by atoms with Crippen LogP contribution in [0.5, 0.6) is 0 Å². The molecule has 4 nitrogen and oxygen atoms in total. The van der Waals surface area contributed by atoms with E-state index in [1.807, 2.05) is 7.05 Å². The monoisotopic (exact) mass is 239 g/mol. The largest absolute Gasteiger partial charge is 0.368 e. The highest BCUT2D eigenvalue weighted by molar-refractivity contribution is 5.85. The van der Waals surface area contributed by atoms with Crippen molar-refractivity contribution in [3.8, 4) is 0 Å². The maximum Gasteiger partial charge on any atom is 0.237 e. The molecule has 2 aliphatic rings. The van der Waals surface area contributed by atoms with Crippen LogP contribution in [0.15, 0.2) is 0 Å². The normalized spacial score (nSPS) is 39.4. The van der Waals surface area contributed by atoms with Crippen LogP contribution in [0.3, 0.4) is 0 Å². The van der Waals surface area contributed by atoms with E-state index in [4.69, 9.17) is 5.73 Å². The van der Waals surface area contributed by atoms with Crippen LogP contribution >= 0.6 is 0 Å². The Balaban J connectivity index is 2.03. The van der Waals surface area contributed by atoms with Gasteiger partial charge in [-0.3, -0.25) is 9.69 Å². The summed E-state index contributed by atoms with van der Waals surface area (Å²) in [6.45, 7) is 3.49. The first kappa shape index (κ1) is 12.8. The SMILES string of the molecule is CNC1(C(N)=O)CCC(N2CCCCC2C)C1. The van der Waals surface area contributed by atoms with Crippen LogP contribution in [-0.2, 0) is 4.79 Å². The quantitative estimate of drug-likeness (QED) is 0.768. The highest BCUT2D eigenvalue weighted by Crippen LogP contribution is 2.35. The summed E-state index contributed by atoms with van der Waals surface area (Å²) >= 11 is 0. The van der Waals surface area contributed by atoms with Gasteiger partial charge in [0.25, 0.3) is 0 Å². The third kappa shape index (κ3) is 2.33. The van der Waals surface area contributed by atoms with Gasteiger partial charge in [-0.1, -0.05) is 6.42 Å². The number of nitrogens with one attached hydrogen (secondary N) is 1. The Bertz CT molecular complexity index is 294. The lowest BCUT2D eigenvalue weighted by molar-refractivity contribution is -0.124. The zero-order valence-corrected chi connectivity index (χ0v) is 11.0. The molecule has 0 radical (unpaired) electrons. The van der Waals surface area contributed by atoms with E-state index >= 15 is 0 Å². The molecule has 3 unspecified atom stereocenters. The van der Waals surface area contributed by atoms with Gasteiger partial charge in [-0.05, 0) is 52.6 Å². The Kier molecular flexibility index (Phi) is 3.73. The van der Waals surface area contributed by atoms with Crippen molar-refractivity contribution >= 4 is 5.91 Å². The van der Waals surface area contributed by atoms with Crippen LogP contribution in [0.4, 0.5) is 0 Å². The summed E-state index contributed by atoms with van der Waals surface area (Å²) < 4.78 is 0. The lowest BCUT2D eigenvalue weighted by Gasteiger charge is -2.38. The minimum Gasteiger partial charge on any atom is -0.368 e. The minimum absolute atomic E-state index is 0.188. The number of carbonyl (C=O) groups is 1. The molecule has 0 aromatic heterocycles. The predicted octanol–water partition coefficient (Wildman–Crippen LogP) is 0.857. The van der Waals surface area contributed by atoms with Gasteiger partial charge in [0, 0.05) is 12.1 Å². The molecular formula is C13H25N3O. The number of rotatable bonds is 3. The zero-order chi connectivity index (χ0) is 12.5. The van der Waals surface area contributed by atoms with E-state index in [0.717, 1.165) is 19.3 Å². The van der Waals surface area contributed by atoms with Crippen molar-refractivity contribution in [2.75, 3.05) is 13.6 Å². The summed E-state index contributed by atoms with van der Waals surface area (Å²) in [5.41, 5.74) is 5.09. The number of carbonyl (C=O) groups excluding carboxylic acids is 1. The molecule has 1 heterocycles. The van der Waals surface area contributed by atoms with Gasteiger partial charge in [0.15, 0.2) is 0 Å². The third-order valence-corrected chi connectivity index (χ3v) is 4.76. The lowest BCUT2D eigenvalue weighted by Crippen LogP contribution is -2.54. The predicted molar refractivity (Wildman–Crippen MR) is 68.6 cm³/mol. The molecule has 0 aromatic carbocycles. The van der Waals surface area contributed by atoms with E-state index < -0.39 is 5.54 Å². The van der Waals surface area contributed by atoms with E-state index in [9.17, 15) is 4.79 Å². The van der Waals surface area contributed by atoms with Crippen LogP contribution < -0.4 is 11.1 Å². The zero-order valence-electron chi connectivity index (χ0n) is 11.0. The van der Waals surface area contributed by atoms with Gasteiger partial charge in [0.2, 0.25) is 5.91 Å². The number of hydrogen-bond donors (Lipinski definition) is 2. The second-order valence-corrected chi connectivity index (χ2v) is 5.68. The molecule has 1 saturated heterocycles. The number of nitrogens with two attached hydrogens (primary N) is 1. The summed E-state index contributed by atoms with van der Waals surface area (Å²) in [6, 6.07) is 1.19. The Hall–Kier alpha value is -0.610. The topological polar surface area (TPSA) is 58.4 Å². The summed E-state index contributed by atoms with van der Waals surface area (Å²) in [5.74, 6) is -0.188. The first-order valence-electron chi connectivity index (χ1n) is 6.83. The fraction of sp³-hybridized carbons (Fsp3) is 0.923. The van der Waals surface area contributed by atoms with Crippen molar-refractivity contribution in [3.63, 3.8) is 0 Å². The van der Waals surface area contributed by atoms with Gasteiger partial charge in [-0.2, -0.15) is 0 Å². The fourth-order valence-corrected chi connectivity index (χ4v) is 3.54. The molecule has 17 heavy (non-hydrogen) atoms. The van der Waals surface area contributed by atoms with Crippen molar-refractivity contribution in [2.24, 2.45) is 5.73 Å². The van der Waals surface area contributed by atoms with Crippen LogP contribution in [-0.4, -0.2) is 42.0 Å². The fourth-order valence-electron chi connectivity index (χ4n) is 3.54. The summed E-state index contributed by atoms with van der Waals surface area (Å²) in [6.07, 6.45) is 6.78. The van der Waals surface area contributed by atoms with Crippen molar-refractivity contribution in [1.82, 2.24) is 10.2 Å². The average Bonchev–Trinajstić information content (AvgIpc) is 2.75. The second kappa shape index (κ2) is 4.94. The summed E-state index contributed by atoms with van der Waals surface area (Å²) in [5, 5.41) is 3.16. The molecule has 3 atom stereocenters. The molecule has 1 amide bonds. The van der Waals surface area contributed by atoms with E-state index in [-0.39, 0.29) is 5.91 Å². The molecule has 2 fully saturated rings. The minimum atomic E-state index is -0.457. The highest BCUT2D eigenvalue weighted by atomic mass is 16.1. The number of primary amides is 1. The molecule has 98 valence electrons. The Morgan fingerprint density at radius 1 is 1.41 bits per heavy atom. The van der Waals surface area contributed by atoms with Crippen LogP contribution in [0.2, 0.25) is 0 Å². The molecule has 0 aromatic rings. The van der Waals surface area contributed by atoms with Gasteiger partial charge >= 0.3 is 0 Å². The first-order valence-corrected chi connectivity index (χ1v) is 6.83. The highest BCUT2D eigenvalue weighted by Gasteiger charge is 2.45. The average molecular weight is 239 g/mol. The molecule has 0 bridgehead atoms. The van der Waals surface area contributed by atoms with Gasteiger partial charge in [-0.15, -0.1) is 0 Å². The first-order chi connectivity index (χ1) is 8.09. The Morgan fingerprint density at radius 2 is 2.18 bits per heavy atom. The van der Waals surface area contributed by atoms with Crippen molar-refractivity contribution in [1.29, 1.82) is 0 Å². The molecule has 1 aliphatic carbocycles. The Labute approximate surface area is 104 Å². The van der Waals surface area contributed by atoms with Crippen molar-refractivity contribution < 1.29 is 4.79 Å². The van der Waals surface area contributed by atoms with Crippen LogP contribution in [0, 0.1) is 0 Å². The standard InChI is InChI=1S/C13H25N3O/c1-10-5-3-4-8-16(10)11-6-7-13(9-11,15-2)12(14)17/h10-11,15H,3-9H2,1-2H3,(H2,14,17). The lowest BCUT2D eigenvalue weighted by atomic mass is 9.95. The van der Waals surface area contributed by atoms with E-state index in [1.54, 1.807) is 0 Å². The molecule has 4 heteroatoms. The number of nitrogens with zero attached hydrogens (tertiary/aromatic N) is 1. The number of piperidine rings is 1. The summed E-state index contributed by atoms with van der Waals surface area (Å²) in [7, 11) is 1.85. The Morgan fingerprint density at radius 3 is 2.71 bits per heavy atom. The number of likely N-dealkylation sites (tertiary alicyclic amines) is 1. The molecular weight excluding hydrogens is 214 g/mol. The van der Waals surface area contributed by atoms with Crippen LogP contribution in [0.25, 0.3) is 0 Å². The van der Waals surface area contributed by atoms with E-state index in [2.05, 4.69) is 17.1 Å². The summed E-state index contributed by atoms with van der Waals surface area (Å²) in [4.78, 5) is 14.2.